The van der Waals surface area contributed by atoms with Crippen molar-refractivity contribution < 1.29 is 8.42 Å². The lowest BCUT2D eigenvalue weighted by atomic mass is 10.2. The third-order valence-electron chi connectivity index (χ3n) is 2.54. The van der Waals surface area contributed by atoms with E-state index in [-0.39, 0.29) is 12.1 Å². The molecular formula is C8H16N2O2S. The molecule has 13 heavy (non-hydrogen) atoms. The Morgan fingerprint density at radius 2 is 1.31 bits per heavy atom. The van der Waals surface area contributed by atoms with Crippen LogP contribution in [0, 0.1) is 0 Å². The van der Waals surface area contributed by atoms with Crippen molar-refractivity contribution in [1.82, 2.24) is 8.61 Å². The van der Waals surface area contributed by atoms with Gasteiger partial charge in [-0.15, -0.1) is 0 Å². The van der Waals surface area contributed by atoms with E-state index in [0.717, 1.165) is 0 Å². The summed E-state index contributed by atoms with van der Waals surface area (Å²) < 4.78 is 26.3. The first-order chi connectivity index (χ1) is 5.87. The van der Waals surface area contributed by atoms with Crippen molar-refractivity contribution in [3.8, 4) is 0 Å². The van der Waals surface area contributed by atoms with E-state index in [1.807, 2.05) is 26.0 Å². The second kappa shape index (κ2) is 3.40. The van der Waals surface area contributed by atoms with Crippen molar-refractivity contribution >= 4 is 10.2 Å². The van der Waals surface area contributed by atoms with Crippen molar-refractivity contribution in [2.24, 2.45) is 0 Å². The average Bonchev–Trinajstić information content (AvgIpc) is 2.14. The quantitative estimate of drug-likeness (QED) is 0.537. The Labute approximate surface area is 80.0 Å². The first-order valence-corrected chi connectivity index (χ1v) is 5.66. The van der Waals surface area contributed by atoms with Crippen molar-refractivity contribution in [2.45, 2.75) is 25.9 Å². The largest absolute Gasteiger partial charge is 0.282 e. The van der Waals surface area contributed by atoms with Crippen LogP contribution < -0.4 is 0 Å². The standard InChI is InChI=1S/C8H16N2O2S/c1-7-5-6-8(2)10(4)13(11,12)9(7)3/h5-8H,1-4H3. The molecule has 2 unspecified atom stereocenters. The molecule has 0 aromatic rings. The summed E-state index contributed by atoms with van der Waals surface area (Å²) in [5, 5.41) is 0. The summed E-state index contributed by atoms with van der Waals surface area (Å²) >= 11 is 0. The highest BCUT2D eigenvalue weighted by molar-refractivity contribution is 7.86. The molecule has 0 radical (unpaired) electrons. The van der Waals surface area contributed by atoms with Gasteiger partial charge in [0.1, 0.15) is 0 Å². The molecule has 0 bridgehead atoms. The van der Waals surface area contributed by atoms with Gasteiger partial charge in [0, 0.05) is 26.2 Å². The van der Waals surface area contributed by atoms with Crippen LogP contribution in [-0.2, 0) is 10.2 Å². The highest BCUT2D eigenvalue weighted by Gasteiger charge is 2.31. The minimum absolute atomic E-state index is 0.0719. The van der Waals surface area contributed by atoms with Crippen LogP contribution in [0.5, 0.6) is 0 Å². The predicted molar refractivity (Wildman–Crippen MR) is 52.5 cm³/mol. The van der Waals surface area contributed by atoms with Crippen molar-refractivity contribution in [3.63, 3.8) is 0 Å². The van der Waals surface area contributed by atoms with E-state index >= 15 is 0 Å². The maximum Gasteiger partial charge on any atom is 0.282 e. The maximum atomic E-state index is 11.8. The van der Waals surface area contributed by atoms with Gasteiger partial charge in [-0.1, -0.05) is 12.2 Å². The monoisotopic (exact) mass is 204 g/mol. The minimum Gasteiger partial charge on any atom is -0.195 e. The molecular weight excluding hydrogens is 188 g/mol. The predicted octanol–water partition coefficient (Wildman–Crippen LogP) is 0.442. The van der Waals surface area contributed by atoms with Crippen LogP contribution in [0.2, 0.25) is 0 Å². The molecule has 2 atom stereocenters. The van der Waals surface area contributed by atoms with Crippen LogP contribution in [0.15, 0.2) is 12.2 Å². The number of hydrogen-bond donors (Lipinski definition) is 0. The molecule has 1 aliphatic heterocycles. The molecule has 5 heteroatoms. The Kier molecular flexibility index (Phi) is 2.79. The minimum atomic E-state index is -3.27. The molecule has 0 aromatic heterocycles. The number of nitrogens with zero attached hydrogens (tertiary/aromatic N) is 2. The summed E-state index contributed by atoms with van der Waals surface area (Å²) in [6.45, 7) is 3.72. The van der Waals surface area contributed by atoms with E-state index in [1.54, 1.807) is 14.1 Å². The molecule has 1 heterocycles. The zero-order chi connectivity index (χ0) is 10.2. The lowest BCUT2D eigenvalue weighted by Crippen LogP contribution is -2.44. The summed E-state index contributed by atoms with van der Waals surface area (Å²) in [4.78, 5) is 0. The molecule has 4 nitrogen and oxygen atoms in total. The third kappa shape index (κ3) is 1.77. The van der Waals surface area contributed by atoms with Gasteiger partial charge in [-0.25, -0.2) is 0 Å². The SMILES string of the molecule is CC1C=CC(C)N(C)S(=O)(=O)N1C. The fraction of sp³-hybridized carbons (Fsp3) is 0.750. The van der Waals surface area contributed by atoms with E-state index < -0.39 is 10.2 Å². The van der Waals surface area contributed by atoms with Gasteiger partial charge >= 0.3 is 0 Å². The molecule has 76 valence electrons. The zero-order valence-corrected chi connectivity index (χ0v) is 9.25. The molecule has 1 aliphatic rings. The number of rotatable bonds is 0. The molecule has 0 amide bonds. The summed E-state index contributed by atoms with van der Waals surface area (Å²) in [6, 6.07) is -0.144. The van der Waals surface area contributed by atoms with Crippen LogP contribution in [0.4, 0.5) is 0 Å². The maximum absolute atomic E-state index is 11.8. The first kappa shape index (κ1) is 10.7. The molecule has 0 spiro atoms. The summed E-state index contributed by atoms with van der Waals surface area (Å²) in [5.41, 5.74) is 0. The Hall–Kier alpha value is -0.390. The van der Waals surface area contributed by atoms with Crippen LogP contribution >= 0.6 is 0 Å². The van der Waals surface area contributed by atoms with Crippen LogP contribution in [0.3, 0.4) is 0 Å². The van der Waals surface area contributed by atoms with Crippen molar-refractivity contribution in [1.29, 1.82) is 0 Å². The fourth-order valence-corrected chi connectivity index (χ4v) is 2.57. The van der Waals surface area contributed by atoms with E-state index in [1.165, 1.54) is 8.61 Å². The highest BCUT2D eigenvalue weighted by Crippen LogP contribution is 2.16. The van der Waals surface area contributed by atoms with Gasteiger partial charge < -0.3 is 0 Å². The van der Waals surface area contributed by atoms with Crippen LogP contribution in [-0.4, -0.2) is 43.2 Å². The van der Waals surface area contributed by atoms with Gasteiger partial charge in [0.25, 0.3) is 10.2 Å². The number of hydrogen-bond acceptors (Lipinski definition) is 2. The normalized spacial score (nSPS) is 36.0. The lowest BCUT2D eigenvalue weighted by molar-refractivity contribution is 0.370. The van der Waals surface area contributed by atoms with Crippen molar-refractivity contribution in [2.75, 3.05) is 14.1 Å². The summed E-state index contributed by atoms with van der Waals surface area (Å²) in [5.74, 6) is 0. The van der Waals surface area contributed by atoms with Gasteiger partial charge in [0.2, 0.25) is 0 Å². The van der Waals surface area contributed by atoms with Gasteiger partial charge in [0.15, 0.2) is 0 Å². The Morgan fingerprint density at radius 1 is 1.00 bits per heavy atom. The van der Waals surface area contributed by atoms with Gasteiger partial charge in [-0.3, -0.25) is 0 Å². The topological polar surface area (TPSA) is 40.6 Å². The van der Waals surface area contributed by atoms with Gasteiger partial charge in [-0.05, 0) is 13.8 Å². The molecule has 0 fully saturated rings. The summed E-state index contributed by atoms with van der Waals surface area (Å²) in [7, 11) is -0.0786. The molecule has 1 rings (SSSR count). The zero-order valence-electron chi connectivity index (χ0n) is 8.43. The van der Waals surface area contributed by atoms with Crippen molar-refractivity contribution in [3.05, 3.63) is 12.2 Å². The lowest BCUT2D eigenvalue weighted by Gasteiger charge is -2.26. The average molecular weight is 204 g/mol. The molecule has 0 aromatic carbocycles. The number of likely N-dealkylation sites (N-methyl/N-ethyl adjacent to an activating group) is 2. The fourth-order valence-electron chi connectivity index (χ4n) is 1.19. The smallest absolute Gasteiger partial charge is 0.195 e. The third-order valence-corrected chi connectivity index (χ3v) is 4.66. The van der Waals surface area contributed by atoms with Gasteiger partial charge in [0.05, 0.1) is 0 Å². The first-order valence-electron chi connectivity index (χ1n) is 4.26. The Balaban J connectivity index is 3.12. The van der Waals surface area contributed by atoms with E-state index in [4.69, 9.17) is 0 Å². The highest BCUT2D eigenvalue weighted by atomic mass is 32.2. The van der Waals surface area contributed by atoms with Crippen LogP contribution in [0.25, 0.3) is 0 Å². The van der Waals surface area contributed by atoms with E-state index in [9.17, 15) is 8.42 Å². The van der Waals surface area contributed by atoms with E-state index in [2.05, 4.69) is 0 Å². The second-order valence-corrected chi connectivity index (χ2v) is 5.45. The molecule has 0 N–H and O–H groups in total. The molecule has 0 aliphatic carbocycles. The molecule has 0 saturated heterocycles. The van der Waals surface area contributed by atoms with E-state index in [0.29, 0.717) is 0 Å². The Bertz CT molecular complexity index is 286. The summed E-state index contributed by atoms with van der Waals surface area (Å²) in [6.07, 6.45) is 3.82. The molecule has 0 saturated carbocycles. The van der Waals surface area contributed by atoms with Gasteiger partial charge in [-0.2, -0.15) is 17.0 Å². The van der Waals surface area contributed by atoms with Crippen LogP contribution in [0.1, 0.15) is 13.8 Å². The second-order valence-electron chi connectivity index (χ2n) is 3.41. The Morgan fingerprint density at radius 3 is 1.62 bits per heavy atom.